The summed E-state index contributed by atoms with van der Waals surface area (Å²) in [5, 5.41) is 5.59. The van der Waals surface area contributed by atoms with Crippen LogP contribution in [-0.2, 0) is 20.7 Å². The molecule has 1 saturated heterocycles. The zero-order valence-electron chi connectivity index (χ0n) is 21.1. The summed E-state index contributed by atoms with van der Waals surface area (Å²) in [5.41, 5.74) is 1.44. The third kappa shape index (κ3) is 7.77. The van der Waals surface area contributed by atoms with Gasteiger partial charge in [-0.1, -0.05) is 52.7 Å². The number of carbonyl (C=O) groups excluding carboxylic acids is 3. The fraction of sp³-hybridized carbons (Fsp3) is 0.429. The van der Waals surface area contributed by atoms with Crippen LogP contribution in [0.5, 0.6) is 5.75 Å². The number of nitrogens with one attached hydrogen (secondary N) is 2. The molecular weight excluding hydrogens is 570 g/mol. The lowest BCUT2D eigenvalue weighted by Crippen LogP contribution is -2.60. The quantitative estimate of drug-likeness (QED) is 0.346. The summed E-state index contributed by atoms with van der Waals surface area (Å²) in [6.45, 7) is 1.12. The van der Waals surface area contributed by atoms with Gasteiger partial charge in [-0.2, -0.15) is 0 Å². The first-order valence-electron chi connectivity index (χ1n) is 13.0. The molecule has 2 fully saturated rings. The zero-order chi connectivity index (χ0) is 26.9. The molecule has 0 bridgehead atoms. The van der Waals surface area contributed by atoms with E-state index in [4.69, 9.17) is 21.7 Å². The van der Waals surface area contributed by atoms with Crippen LogP contribution < -0.4 is 15.4 Å². The first kappa shape index (κ1) is 28.0. The van der Waals surface area contributed by atoms with E-state index in [2.05, 4.69) is 26.6 Å². The number of ether oxygens (including phenoxy) is 2. The second-order valence-corrected chi connectivity index (χ2v) is 10.7. The molecule has 0 spiro atoms. The summed E-state index contributed by atoms with van der Waals surface area (Å²) in [6.07, 6.45) is 5.39. The normalized spacial score (nSPS) is 17.9. The fourth-order valence-electron chi connectivity index (χ4n) is 4.70. The molecule has 2 amide bonds. The molecule has 10 heteroatoms. The molecule has 1 atom stereocenters. The predicted molar refractivity (Wildman–Crippen MR) is 151 cm³/mol. The Hall–Kier alpha value is -2.98. The van der Waals surface area contributed by atoms with Gasteiger partial charge in [0, 0.05) is 24.0 Å². The number of nitrogens with zero attached hydrogens (tertiary/aromatic N) is 1. The lowest BCUT2D eigenvalue weighted by atomic mass is 9.98. The molecule has 4 rings (SSSR count). The molecule has 2 aromatic rings. The molecular formula is C28H32BrN3O5S. The Balaban J connectivity index is 1.39. The zero-order valence-corrected chi connectivity index (χ0v) is 23.5. The molecule has 2 N–H and O–H groups in total. The highest BCUT2D eigenvalue weighted by molar-refractivity contribution is 9.10. The average Bonchev–Trinajstić information content (AvgIpc) is 2.91. The topological polar surface area (TPSA) is 97.0 Å². The number of benzene rings is 2. The van der Waals surface area contributed by atoms with Crippen molar-refractivity contribution >= 4 is 51.0 Å². The van der Waals surface area contributed by atoms with E-state index in [9.17, 15) is 14.4 Å². The van der Waals surface area contributed by atoms with E-state index in [1.54, 1.807) is 23.1 Å². The van der Waals surface area contributed by atoms with Crippen LogP contribution in [0.25, 0.3) is 0 Å². The third-order valence-corrected chi connectivity index (χ3v) is 7.53. The van der Waals surface area contributed by atoms with E-state index in [-0.39, 0.29) is 23.5 Å². The van der Waals surface area contributed by atoms with Crippen molar-refractivity contribution in [3.63, 3.8) is 0 Å². The number of thiocarbonyl (C=S) groups is 1. The molecule has 1 heterocycles. The fourth-order valence-corrected chi connectivity index (χ4v) is 5.37. The highest BCUT2D eigenvalue weighted by atomic mass is 79.9. The van der Waals surface area contributed by atoms with Gasteiger partial charge in [-0.25, -0.2) is 0 Å². The van der Waals surface area contributed by atoms with Gasteiger partial charge in [0.05, 0.1) is 18.6 Å². The van der Waals surface area contributed by atoms with Gasteiger partial charge in [0.2, 0.25) is 5.91 Å². The molecule has 38 heavy (non-hydrogen) atoms. The van der Waals surface area contributed by atoms with Crippen molar-refractivity contribution in [1.82, 2.24) is 15.5 Å². The molecule has 2 aromatic carbocycles. The summed E-state index contributed by atoms with van der Waals surface area (Å²) in [5.74, 6) is -0.783. The second kappa shape index (κ2) is 13.7. The van der Waals surface area contributed by atoms with Crippen LogP contribution in [0, 0.1) is 0 Å². The number of halogens is 1. The Morgan fingerprint density at radius 3 is 2.63 bits per heavy atom. The van der Waals surface area contributed by atoms with Crippen molar-refractivity contribution in [2.24, 2.45) is 0 Å². The van der Waals surface area contributed by atoms with Crippen LogP contribution in [0.3, 0.4) is 0 Å². The maximum absolute atomic E-state index is 13.3. The van der Waals surface area contributed by atoms with Crippen LogP contribution >= 0.6 is 28.1 Å². The van der Waals surface area contributed by atoms with Crippen LogP contribution in [0.1, 0.15) is 54.4 Å². The standard InChI is InChI=1S/C28H32BrN3O5S/c29-20-11-12-24(36-16-13-19-7-3-1-4-8-19)22(17-20)26(34)31-28(38)32-15-14-30-27(35)23(32)18-25(33)37-21-9-5-2-6-10-21/h1,3-4,7-8,11-12,17,21,23H,2,5-6,9-10,13-16,18H2,(H,30,35)(H,31,34,38). The van der Waals surface area contributed by atoms with E-state index in [0.717, 1.165) is 37.7 Å². The summed E-state index contributed by atoms with van der Waals surface area (Å²) < 4.78 is 12.3. The lowest BCUT2D eigenvalue weighted by molar-refractivity contribution is -0.153. The number of hydrogen-bond donors (Lipinski definition) is 2. The number of rotatable bonds is 8. The number of piperazine rings is 1. The predicted octanol–water partition coefficient (Wildman–Crippen LogP) is 4.15. The van der Waals surface area contributed by atoms with Crippen LogP contribution in [0.15, 0.2) is 53.0 Å². The summed E-state index contributed by atoms with van der Waals surface area (Å²) in [4.78, 5) is 40.2. The smallest absolute Gasteiger partial charge is 0.308 e. The highest BCUT2D eigenvalue weighted by Gasteiger charge is 2.35. The molecule has 1 aliphatic heterocycles. The van der Waals surface area contributed by atoms with E-state index < -0.39 is 17.9 Å². The summed E-state index contributed by atoms with van der Waals surface area (Å²) in [6, 6.07) is 14.3. The maximum Gasteiger partial charge on any atom is 0.308 e. The average molecular weight is 603 g/mol. The first-order valence-corrected chi connectivity index (χ1v) is 14.2. The van der Waals surface area contributed by atoms with E-state index >= 15 is 0 Å². The van der Waals surface area contributed by atoms with E-state index in [1.807, 2.05) is 30.3 Å². The molecule has 2 aliphatic rings. The van der Waals surface area contributed by atoms with Crippen molar-refractivity contribution in [2.45, 2.75) is 57.1 Å². The monoisotopic (exact) mass is 601 g/mol. The van der Waals surface area contributed by atoms with Crippen molar-refractivity contribution in [1.29, 1.82) is 0 Å². The number of carbonyl (C=O) groups is 3. The maximum atomic E-state index is 13.3. The number of esters is 1. The summed E-state index contributed by atoms with van der Waals surface area (Å²) >= 11 is 8.95. The molecule has 1 saturated carbocycles. The van der Waals surface area contributed by atoms with Gasteiger partial charge < -0.3 is 19.7 Å². The molecule has 8 nitrogen and oxygen atoms in total. The number of hydrogen-bond acceptors (Lipinski definition) is 6. The van der Waals surface area contributed by atoms with Crippen molar-refractivity contribution in [3.8, 4) is 5.75 Å². The van der Waals surface area contributed by atoms with Gasteiger partial charge in [-0.15, -0.1) is 0 Å². The van der Waals surface area contributed by atoms with Crippen molar-refractivity contribution in [3.05, 3.63) is 64.1 Å². The first-order chi connectivity index (χ1) is 18.4. The Bertz CT molecular complexity index is 1160. The van der Waals surface area contributed by atoms with Gasteiger partial charge in [-0.05, 0) is 61.7 Å². The Kier molecular flexibility index (Phi) is 10.1. The Labute approximate surface area is 236 Å². The third-order valence-electron chi connectivity index (χ3n) is 6.70. The minimum Gasteiger partial charge on any atom is -0.492 e. The van der Waals surface area contributed by atoms with Crippen LogP contribution in [0.4, 0.5) is 0 Å². The minimum atomic E-state index is -0.850. The van der Waals surface area contributed by atoms with E-state index in [0.29, 0.717) is 41.9 Å². The Morgan fingerprint density at radius 1 is 1.11 bits per heavy atom. The highest BCUT2D eigenvalue weighted by Crippen LogP contribution is 2.24. The van der Waals surface area contributed by atoms with Gasteiger partial charge in [0.15, 0.2) is 5.11 Å². The number of amides is 2. The van der Waals surface area contributed by atoms with Crippen molar-refractivity contribution < 1.29 is 23.9 Å². The lowest BCUT2D eigenvalue weighted by Gasteiger charge is -2.36. The largest absolute Gasteiger partial charge is 0.492 e. The van der Waals surface area contributed by atoms with Crippen LogP contribution in [0.2, 0.25) is 0 Å². The minimum absolute atomic E-state index is 0.0792. The van der Waals surface area contributed by atoms with Gasteiger partial charge in [-0.3, -0.25) is 19.7 Å². The molecule has 1 aliphatic carbocycles. The van der Waals surface area contributed by atoms with Gasteiger partial charge >= 0.3 is 5.97 Å². The van der Waals surface area contributed by atoms with Gasteiger partial charge in [0.1, 0.15) is 17.9 Å². The van der Waals surface area contributed by atoms with Crippen molar-refractivity contribution in [2.75, 3.05) is 19.7 Å². The molecule has 0 aromatic heterocycles. The molecule has 202 valence electrons. The van der Waals surface area contributed by atoms with Crippen LogP contribution in [-0.4, -0.2) is 59.6 Å². The SMILES string of the molecule is O=C(CC1C(=O)NCCN1C(=S)NC(=O)c1cc(Br)ccc1OCCc1ccccc1)OC1CCCCC1. The van der Waals surface area contributed by atoms with E-state index in [1.165, 1.54) is 0 Å². The second-order valence-electron chi connectivity index (χ2n) is 9.44. The molecule has 1 unspecified atom stereocenters. The molecule has 0 radical (unpaired) electrons. The summed E-state index contributed by atoms with van der Waals surface area (Å²) in [7, 11) is 0. The van der Waals surface area contributed by atoms with Gasteiger partial charge in [0.25, 0.3) is 5.91 Å². The Morgan fingerprint density at radius 2 is 1.87 bits per heavy atom.